The Balaban J connectivity index is 2.57. The molecule has 0 unspecified atom stereocenters. The molecule has 1 heterocycles. The summed E-state index contributed by atoms with van der Waals surface area (Å²) in [6.45, 7) is 6.42. The van der Waals surface area contributed by atoms with Crippen molar-refractivity contribution in [2.24, 2.45) is 0 Å². The molecule has 0 saturated carbocycles. The molecule has 0 amide bonds. The second kappa shape index (κ2) is 2.50. The lowest BCUT2D eigenvalue weighted by Crippen LogP contribution is -2.28. The number of rotatable bonds is 2. The van der Waals surface area contributed by atoms with Crippen LogP contribution in [0.4, 0.5) is 0 Å². The normalized spacial score (nSPS) is 11.5. The van der Waals surface area contributed by atoms with E-state index in [0.29, 0.717) is 0 Å². The van der Waals surface area contributed by atoms with Crippen LogP contribution in [0.3, 0.4) is 0 Å². The van der Waals surface area contributed by atoms with Gasteiger partial charge in [-0.05, 0) is 19.6 Å². The van der Waals surface area contributed by atoms with Gasteiger partial charge in [0, 0.05) is 6.07 Å². The Hall–Kier alpha value is -0.703. The first-order valence-electron chi connectivity index (χ1n) is 3.29. The third-order valence-electron chi connectivity index (χ3n) is 0.919. The number of hydrogen-bond acceptors (Lipinski definition) is 2. The first kappa shape index (κ1) is 7.40. The van der Waals surface area contributed by atoms with Crippen molar-refractivity contribution >= 4 is 8.32 Å². The fourth-order valence-electron chi connectivity index (χ4n) is 0.664. The van der Waals surface area contributed by atoms with Crippen molar-refractivity contribution < 1.29 is 8.84 Å². The van der Waals surface area contributed by atoms with Gasteiger partial charge in [-0.15, -0.1) is 0 Å². The van der Waals surface area contributed by atoms with Crippen LogP contribution in [-0.2, 0) is 0 Å². The molecule has 0 saturated heterocycles. The zero-order valence-corrected chi connectivity index (χ0v) is 7.55. The standard InChI is InChI=1S/C7H12O2Si/c1-10(2,3)9-7-4-5-8-6-7/h4-6H,1-3H3. The summed E-state index contributed by atoms with van der Waals surface area (Å²) in [5.41, 5.74) is 0. The highest BCUT2D eigenvalue weighted by Crippen LogP contribution is 2.15. The lowest BCUT2D eigenvalue weighted by molar-refractivity contribution is 0.518. The van der Waals surface area contributed by atoms with Crippen LogP contribution in [0.25, 0.3) is 0 Å². The molecule has 1 aromatic rings. The van der Waals surface area contributed by atoms with Crippen LogP contribution >= 0.6 is 0 Å². The van der Waals surface area contributed by atoms with Crippen molar-refractivity contribution in [1.29, 1.82) is 0 Å². The smallest absolute Gasteiger partial charge is 0.242 e. The van der Waals surface area contributed by atoms with Crippen LogP contribution in [0.2, 0.25) is 19.6 Å². The Kier molecular flexibility index (Phi) is 1.85. The van der Waals surface area contributed by atoms with Crippen LogP contribution in [-0.4, -0.2) is 8.32 Å². The Morgan fingerprint density at radius 1 is 1.40 bits per heavy atom. The lowest BCUT2D eigenvalue weighted by atomic mass is 10.6. The number of furan rings is 1. The maximum absolute atomic E-state index is 5.59. The largest absolute Gasteiger partial charge is 0.542 e. The average Bonchev–Trinajstić information content (AvgIpc) is 2.12. The maximum Gasteiger partial charge on any atom is 0.242 e. The Bertz CT molecular complexity index is 186. The van der Waals surface area contributed by atoms with Crippen LogP contribution in [0.1, 0.15) is 0 Å². The SMILES string of the molecule is C[Si](C)(C)Oc1ccoc1. The van der Waals surface area contributed by atoms with Crippen molar-refractivity contribution in [3.63, 3.8) is 0 Å². The highest BCUT2D eigenvalue weighted by Gasteiger charge is 2.16. The first-order chi connectivity index (χ1) is 4.58. The molecule has 0 atom stereocenters. The summed E-state index contributed by atoms with van der Waals surface area (Å²) in [5.74, 6) is 0.846. The van der Waals surface area contributed by atoms with Gasteiger partial charge in [0.15, 0.2) is 0 Å². The Morgan fingerprint density at radius 3 is 2.50 bits per heavy atom. The average molecular weight is 156 g/mol. The summed E-state index contributed by atoms with van der Waals surface area (Å²) in [6, 6.07) is 1.83. The molecular weight excluding hydrogens is 144 g/mol. The number of hydrogen-bond donors (Lipinski definition) is 0. The summed E-state index contributed by atoms with van der Waals surface area (Å²) in [7, 11) is -1.42. The molecular formula is C7H12O2Si. The molecule has 0 spiro atoms. The van der Waals surface area contributed by atoms with Gasteiger partial charge in [-0.1, -0.05) is 0 Å². The molecule has 56 valence electrons. The summed E-state index contributed by atoms with van der Waals surface area (Å²) < 4.78 is 10.4. The second-order valence-corrected chi connectivity index (χ2v) is 7.60. The van der Waals surface area contributed by atoms with Crippen LogP contribution in [0.5, 0.6) is 5.75 Å². The molecule has 0 fully saturated rings. The molecule has 10 heavy (non-hydrogen) atoms. The van der Waals surface area contributed by atoms with Crippen molar-refractivity contribution in [2.45, 2.75) is 19.6 Å². The molecule has 0 N–H and O–H groups in total. The van der Waals surface area contributed by atoms with Crippen LogP contribution < -0.4 is 4.43 Å². The minimum Gasteiger partial charge on any atom is -0.542 e. The molecule has 0 aliphatic heterocycles. The Labute approximate surface area is 61.9 Å². The quantitative estimate of drug-likeness (QED) is 0.614. The fourth-order valence-corrected chi connectivity index (χ4v) is 1.49. The molecule has 0 radical (unpaired) electrons. The predicted molar refractivity (Wildman–Crippen MR) is 42.7 cm³/mol. The highest BCUT2D eigenvalue weighted by molar-refractivity contribution is 6.70. The van der Waals surface area contributed by atoms with E-state index in [1.807, 2.05) is 6.07 Å². The van der Waals surface area contributed by atoms with Gasteiger partial charge in [-0.3, -0.25) is 0 Å². The second-order valence-electron chi connectivity index (χ2n) is 3.17. The molecule has 1 aromatic heterocycles. The van der Waals surface area contributed by atoms with E-state index in [9.17, 15) is 0 Å². The van der Waals surface area contributed by atoms with Crippen molar-refractivity contribution in [3.05, 3.63) is 18.6 Å². The topological polar surface area (TPSA) is 22.4 Å². The van der Waals surface area contributed by atoms with E-state index < -0.39 is 8.32 Å². The molecule has 0 aromatic carbocycles. The van der Waals surface area contributed by atoms with E-state index in [1.165, 1.54) is 0 Å². The molecule has 3 heteroatoms. The summed E-state index contributed by atoms with van der Waals surface area (Å²) >= 11 is 0. The van der Waals surface area contributed by atoms with E-state index in [2.05, 4.69) is 19.6 Å². The van der Waals surface area contributed by atoms with Crippen molar-refractivity contribution in [2.75, 3.05) is 0 Å². The van der Waals surface area contributed by atoms with E-state index in [4.69, 9.17) is 8.84 Å². The Morgan fingerprint density at radius 2 is 2.10 bits per heavy atom. The van der Waals surface area contributed by atoms with Gasteiger partial charge in [-0.25, -0.2) is 0 Å². The van der Waals surface area contributed by atoms with Crippen LogP contribution in [0, 0.1) is 0 Å². The molecule has 1 rings (SSSR count). The van der Waals surface area contributed by atoms with Crippen LogP contribution in [0.15, 0.2) is 23.0 Å². The highest BCUT2D eigenvalue weighted by atomic mass is 28.4. The van der Waals surface area contributed by atoms with Crippen molar-refractivity contribution in [3.8, 4) is 5.75 Å². The van der Waals surface area contributed by atoms with Gasteiger partial charge in [0.05, 0.1) is 6.26 Å². The monoisotopic (exact) mass is 156 g/mol. The first-order valence-corrected chi connectivity index (χ1v) is 6.70. The van der Waals surface area contributed by atoms with E-state index in [1.54, 1.807) is 12.5 Å². The fraction of sp³-hybridized carbons (Fsp3) is 0.429. The van der Waals surface area contributed by atoms with Gasteiger partial charge in [0.1, 0.15) is 12.0 Å². The minimum atomic E-state index is -1.42. The van der Waals surface area contributed by atoms with Gasteiger partial charge >= 0.3 is 0 Å². The summed E-state index contributed by atoms with van der Waals surface area (Å²) in [6.07, 6.45) is 3.24. The van der Waals surface area contributed by atoms with E-state index in [-0.39, 0.29) is 0 Å². The van der Waals surface area contributed by atoms with Crippen molar-refractivity contribution in [1.82, 2.24) is 0 Å². The lowest BCUT2D eigenvalue weighted by Gasteiger charge is -2.16. The summed E-state index contributed by atoms with van der Waals surface area (Å²) in [5, 5.41) is 0. The zero-order valence-electron chi connectivity index (χ0n) is 6.55. The van der Waals surface area contributed by atoms with Gasteiger partial charge in [0.25, 0.3) is 0 Å². The third kappa shape index (κ3) is 2.27. The van der Waals surface area contributed by atoms with E-state index >= 15 is 0 Å². The summed E-state index contributed by atoms with van der Waals surface area (Å²) in [4.78, 5) is 0. The van der Waals surface area contributed by atoms with E-state index in [0.717, 1.165) is 5.75 Å². The van der Waals surface area contributed by atoms with Gasteiger partial charge in [0.2, 0.25) is 8.32 Å². The molecule has 0 aliphatic carbocycles. The molecule has 2 nitrogen and oxygen atoms in total. The predicted octanol–water partition coefficient (Wildman–Crippen LogP) is 2.49. The molecule has 0 aliphatic rings. The minimum absolute atomic E-state index is 0.846. The maximum atomic E-state index is 5.59. The molecule has 0 bridgehead atoms. The third-order valence-corrected chi connectivity index (χ3v) is 1.77. The van der Waals surface area contributed by atoms with Gasteiger partial charge in [-0.2, -0.15) is 0 Å². The van der Waals surface area contributed by atoms with Gasteiger partial charge < -0.3 is 8.84 Å². The zero-order chi connectivity index (χ0) is 7.61.